The van der Waals surface area contributed by atoms with Crippen LogP contribution in [0.15, 0.2) is 12.1 Å². The smallest absolute Gasteiger partial charge is 0.133 e. The Labute approximate surface area is 111 Å². The molecule has 3 N–H and O–H groups in total. The van der Waals surface area contributed by atoms with Gasteiger partial charge in [0.25, 0.3) is 0 Å². The van der Waals surface area contributed by atoms with E-state index in [4.69, 9.17) is 5.84 Å². The van der Waals surface area contributed by atoms with Crippen molar-refractivity contribution in [1.82, 2.24) is 5.43 Å². The Morgan fingerprint density at radius 1 is 1.21 bits per heavy atom. The first-order chi connectivity index (χ1) is 8.74. The van der Waals surface area contributed by atoms with Gasteiger partial charge in [0.05, 0.1) is 6.04 Å². The minimum absolute atomic E-state index is 0.132. The molecule has 0 amide bonds. The van der Waals surface area contributed by atoms with E-state index in [-0.39, 0.29) is 17.4 Å². The molecule has 0 bridgehead atoms. The highest BCUT2D eigenvalue weighted by Crippen LogP contribution is 2.24. The van der Waals surface area contributed by atoms with Gasteiger partial charge in [-0.2, -0.15) is 0 Å². The molecule has 0 fully saturated rings. The molecule has 0 aliphatic heterocycles. The van der Waals surface area contributed by atoms with Crippen molar-refractivity contribution >= 4 is 0 Å². The fourth-order valence-electron chi connectivity index (χ4n) is 1.55. The van der Waals surface area contributed by atoms with E-state index < -0.39 is 23.5 Å². The SMILES string of the molecule is CC(C)(C)C#CCC(NN)c1c(F)cc(F)cc1F. The molecule has 1 rings (SSSR count). The van der Waals surface area contributed by atoms with Crippen LogP contribution in [-0.4, -0.2) is 0 Å². The summed E-state index contributed by atoms with van der Waals surface area (Å²) in [6.07, 6.45) is 0.132. The van der Waals surface area contributed by atoms with Crippen molar-refractivity contribution in [2.24, 2.45) is 11.3 Å². The van der Waals surface area contributed by atoms with Gasteiger partial charge in [-0.05, 0) is 20.8 Å². The van der Waals surface area contributed by atoms with Crippen molar-refractivity contribution in [3.63, 3.8) is 0 Å². The molecule has 2 nitrogen and oxygen atoms in total. The third-order valence-electron chi connectivity index (χ3n) is 2.36. The van der Waals surface area contributed by atoms with Crippen LogP contribution in [0.25, 0.3) is 0 Å². The van der Waals surface area contributed by atoms with Gasteiger partial charge >= 0.3 is 0 Å². The van der Waals surface area contributed by atoms with Gasteiger partial charge in [0.15, 0.2) is 0 Å². The van der Waals surface area contributed by atoms with E-state index >= 15 is 0 Å². The molecular formula is C14H17F3N2. The zero-order valence-corrected chi connectivity index (χ0v) is 11.2. The third kappa shape index (κ3) is 4.58. The highest BCUT2D eigenvalue weighted by atomic mass is 19.1. The summed E-state index contributed by atoms with van der Waals surface area (Å²) in [5.74, 6) is 8.14. The quantitative estimate of drug-likeness (QED) is 0.503. The molecule has 0 aliphatic carbocycles. The maximum absolute atomic E-state index is 13.6. The molecule has 0 aliphatic rings. The van der Waals surface area contributed by atoms with E-state index in [0.717, 1.165) is 0 Å². The van der Waals surface area contributed by atoms with Gasteiger partial charge in [0, 0.05) is 29.5 Å². The molecule has 0 aromatic heterocycles. The summed E-state index contributed by atoms with van der Waals surface area (Å²) in [7, 11) is 0. The highest BCUT2D eigenvalue weighted by molar-refractivity contribution is 5.26. The van der Waals surface area contributed by atoms with Crippen LogP contribution in [0, 0.1) is 34.7 Å². The van der Waals surface area contributed by atoms with Crippen molar-refractivity contribution in [3.8, 4) is 11.8 Å². The van der Waals surface area contributed by atoms with Crippen LogP contribution < -0.4 is 11.3 Å². The largest absolute Gasteiger partial charge is 0.271 e. The predicted molar refractivity (Wildman–Crippen MR) is 68.2 cm³/mol. The van der Waals surface area contributed by atoms with Crippen molar-refractivity contribution in [2.45, 2.75) is 33.2 Å². The second-order valence-corrected chi connectivity index (χ2v) is 5.26. The average molecular weight is 270 g/mol. The number of halogens is 3. The molecule has 0 radical (unpaired) electrons. The number of hydrazine groups is 1. The van der Waals surface area contributed by atoms with Gasteiger partial charge in [0.1, 0.15) is 17.5 Å². The van der Waals surface area contributed by atoms with Gasteiger partial charge in [0.2, 0.25) is 0 Å². The first kappa shape index (κ1) is 15.5. The summed E-state index contributed by atoms with van der Waals surface area (Å²) in [6.45, 7) is 5.76. The lowest BCUT2D eigenvalue weighted by Gasteiger charge is -2.15. The lowest BCUT2D eigenvalue weighted by Crippen LogP contribution is -2.29. The Morgan fingerprint density at radius 3 is 2.16 bits per heavy atom. The Hall–Kier alpha value is -1.51. The number of nitrogens with one attached hydrogen (secondary N) is 1. The number of hydrogen-bond acceptors (Lipinski definition) is 2. The molecule has 1 aromatic rings. The van der Waals surface area contributed by atoms with Gasteiger partial charge < -0.3 is 0 Å². The number of hydrogen-bond donors (Lipinski definition) is 2. The molecule has 5 heteroatoms. The summed E-state index contributed by atoms with van der Waals surface area (Å²) >= 11 is 0. The van der Waals surface area contributed by atoms with Crippen molar-refractivity contribution < 1.29 is 13.2 Å². The van der Waals surface area contributed by atoms with Gasteiger partial charge in [-0.25, -0.2) is 13.2 Å². The standard InChI is InChI=1S/C14H17F3N2/c1-14(2,3)6-4-5-12(19-18)13-10(16)7-9(15)8-11(13)17/h7-8,12,19H,5,18H2,1-3H3. The topological polar surface area (TPSA) is 38.0 Å². The monoisotopic (exact) mass is 270 g/mol. The Balaban J connectivity index is 3.01. The Bertz CT molecular complexity index is 487. The van der Waals surface area contributed by atoms with E-state index in [1.807, 2.05) is 20.8 Å². The fraction of sp³-hybridized carbons (Fsp3) is 0.429. The maximum atomic E-state index is 13.6. The first-order valence-electron chi connectivity index (χ1n) is 5.85. The van der Waals surface area contributed by atoms with Crippen molar-refractivity contribution in [2.75, 3.05) is 0 Å². The van der Waals surface area contributed by atoms with Crippen LogP contribution >= 0.6 is 0 Å². The van der Waals surface area contributed by atoms with E-state index in [1.165, 1.54) is 0 Å². The van der Waals surface area contributed by atoms with Crippen molar-refractivity contribution in [3.05, 3.63) is 35.1 Å². The summed E-state index contributed by atoms with van der Waals surface area (Å²) in [5, 5.41) is 0. The lowest BCUT2D eigenvalue weighted by atomic mass is 9.96. The molecule has 1 aromatic carbocycles. The molecule has 0 saturated carbocycles. The van der Waals surface area contributed by atoms with Crippen LogP contribution in [0.4, 0.5) is 13.2 Å². The lowest BCUT2D eigenvalue weighted by molar-refractivity contribution is 0.467. The van der Waals surface area contributed by atoms with Gasteiger partial charge in [-0.3, -0.25) is 11.3 Å². The molecule has 1 atom stereocenters. The summed E-state index contributed by atoms with van der Waals surface area (Å²) in [6, 6.07) is 0.426. The third-order valence-corrected chi connectivity index (χ3v) is 2.36. The Morgan fingerprint density at radius 2 is 1.74 bits per heavy atom. The predicted octanol–water partition coefficient (Wildman–Crippen LogP) is 3.05. The molecule has 19 heavy (non-hydrogen) atoms. The molecule has 104 valence electrons. The van der Waals surface area contributed by atoms with Crippen molar-refractivity contribution in [1.29, 1.82) is 0 Å². The molecule has 0 heterocycles. The number of rotatable bonds is 3. The number of nitrogens with two attached hydrogens (primary N) is 1. The molecular weight excluding hydrogens is 253 g/mol. The molecule has 0 saturated heterocycles. The second kappa shape index (κ2) is 6.09. The van der Waals surface area contributed by atoms with E-state index in [9.17, 15) is 13.2 Å². The van der Waals surface area contributed by atoms with E-state index in [1.54, 1.807) is 0 Å². The molecule has 1 unspecified atom stereocenters. The molecule has 0 spiro atoms. The van der Waals surface area contributed by atoms with Gasteiger partial charge in [-0.15, -0.1) is 5.92 Å². The normalized spacial score (nSPS) is 12.8. The fourth-order valence-corrected chi connectivity index (χ4v) is 1.55. The second-order valence-electron chi connectivity index (χ2n) is 5.26. The summed E-state index contributed by atoms with van der Waals surface area (Å²) in [4.78, 5) is 0. The average Bonchev–Trinajstić information content (AvgIpc) is 2.23. The van der Waals surface area contributed by atoms with Crippen LogP contribution in [-0.2, 0) is 0 Å². The zero-order chi connectivity index (χ0) is 14.6. The number of benzene rings is 1. The van der Waals surface area contributed by atoms with E-state index in [2.05, 4.69) is 17.3 Å². The summed E-state index contributed by atoms with van der Waals surface area (Å²) in [5.41, 5.74) is 1.79. The zero-order valence-electron chi connectivity index (χ0n) is 11.2. The minimum atomic E-state index is -0.974. The van der Waals surface area contributed by atoms with Crippen LogP contribution in [0.2, 0.25) is 0 Å². The van der Waals surface area contributed by atoms with Gasteiger partial charge in [-0.1, -0.05) is 5.92 Å². The Kier molecular flexibility index (Phi) is 4.98. The van der Waals surface area contributed by atoms with E-state index in [0.29, 0.717) is 12.1 Å². The first-order valence-corrected chi connectivity index (χ1v) is 5.85. The highest BCUT2D eigenvalue weighted by Gasteiger charge is 2.20. The van der Waals surface area contributed by atoms with Crippen LogP contribution in [0.3, 0.4) is 0 Å². The maximum Gasteiger partial charge on any atom is 0.133 e. The van der Waals surface area contributed by atoms with Crippen LogP contribution in [0.1, 0.15) is 38.8 Å². The summed E-state index contributed by atoms with van der Waals surface area (Å²) < 4.78 is 40.0. The minimum Gasteiger partial charge on any atom is -0.271 e. The van der Waals surface area contributed by atoms with Crippen LogP contribution in [0.5, 0.6) is 0 Å².